The van der Waals surface area contributed by atoms with E-state index >= 15 is 0 Å². The van der Waals surface area contributed by atoms with Gasteiger partial charge in [-0.25, -0.2) is 4.99 Å². The summed E-state index contributed by atoms with van der Waals surface area (Å²) in [5.74, 6) is 2.90. The van der Waals surface area contributed by atoms with Crippen molar-refractivity contribution in [1.82, 2.24) is 5.16 Å². The second-order valence-electron chi connectivity index (χ2n) is 6.27. The summed E-state index contributed by atoms with van der Waals surface area (Å²) in [6, 6.07) is 7.58. The maximum absolute atomic E-state index is 5.98. The van der Waals surface area contributed by atoms with Crippen LogP contribution in [0, 0.1) is 0 Å². The van der Waals surface area contributed by atoms with Crippen LogP contribution < -0.4 is 20.5 Å². The van der Waals surface area contributed by atoms with Crippen LogP contribution in [0.5, 0.6) is 11.5 Å². The molecule has 0 radical (unpaired) electrons. The maximum atomic E-state index is 5.98. The van der Waals surface area contributed by atoms with Gasteiger partial charge in [-0.15, -0.1) is 0 Å². The molecule has 0 fully saturated rings. The lowest BCUT2D eigenvalue weighted by Crippen LogP contribution is -2.22. The normalized spacial score (nSPS) is 14.3. The van der Waals surface area contributed by atoms with Crippen LogP contribution in [0.25, 0.3) is 0 Å². The summed E-state index contributed by atoms with van der Waals surface area (Å²) >= 11 is 0. The molecule has 7 heteroatoms. The third kappa shape index (κ3) is 4.47. The van der Waals surface area contributed by atoms with Crippen LogP contribution in [0.15, 0.2) is 33.8 Å². The summed E-state index contributed by atoms with van der Waals surface area (Å²) in [7, 11) is 0. The number of nitrogens with zero attached hydrogens (tertiary/aromatic N) is 2. The number of nitrogens with one attached hydrogen (secondary N) is 1. The number of aromatic nitrogens is 1. The molecular weight excluding hydrogens is 332 g/mol. The minimum absolute atomic E-state index is 0.306. The molecule has 1 aliphatic heterocycles. The zero-order valence-electron chi connectivity index (χ0n) is 15.3. The quantitative estimate of drug-likeness (QED) is 0.604. The first-order valence-electron chi connectivity index (χ1n) is 9.11. The SMILES string of the molecule is CCC(CC)c1cc(CN=C(N)Nc2ccc3c(c2)OCCCO3)on1. The molecule has 1 aliphatic rings. The molecule has 0 atom stereocenters. The number of nitrogens with two attached hydrogens (primary N) is 1. The third-order valence-corrected chi connectivity index (χ3v) is 4.41. The highest BCUT2D eigenvalue weighted by atomic mass is 16.5. The molecule has 0 spiro atoms. The Balaban J connectivity index is 1.61. The van der Waals surface area contributed by atoms with E-state index in [0.29, 0.717) is 43.1 Å². The van der Waals surface area contributed by atoms with Gasteiger partial charge in [-0.05, 0) is 25.0 Å². The fourth-order valence-corrected chi connectivity index (χ4v) is 2.89. The van der Waals surface area contributed by atoms with Crippen molar-refractivity contribution in [3.63, 3.8) is 0 Å². The molecular formula is C19H26N4O3. The van der Waals surface area contributed by atoms with Gasteiger partial charge < -0.3 is 25.0 Å². The molecule has 2 aromatic rings. The Bertz CT molecular complexity index is 753. The zero-order chi connectivity index (χ0) is 18.4. The van der Waals surface area contributed by atoms with Gasteiger partial charge >= 0.3 is 0 Å². The molecule has 7 nitrogen and oxygen atoms in total. The molecule has 0 bridgehead atoms. The van der Waals surface area contributed by atoms with Crippen LogP contribution in [0.1, 0.15) is 50.5 Å². The molecule has 3 rings (SSSR count). The standard InChI is InChI=1S/C19H26N4O3/c1-3-13(4-2)16-11-15(26-23-16)12-21-19(20)22-14-6-7-17-18(10-14)25-9-5-8-24-17/h6-7,10-11,13H,3-5,8-9,12H2,1-2H3,(H3,20,21,22). The highest BCUT2D eigenvalue weighted by molar-refractivity contribution is 5.92. The van der Waals surface area contributed by atoms with Crippen molar-refractivity contribution in [1.29, 1.82) is 0 Å². The van der Waals surface area contributed by atoms with Crippen LogP contribution in [-0.2, 0) is 6.54 Å². The van der Waals surface area contributed by atoms with Gasteiger partial charge in [0.1, 0.15) is 6.54 Å². The average Bonchev–Trinajstić information content (AvgIpc) is 2.98. The van der Waals surface area contributed by atoms with Crippen LogP contribution in [0.2, 0.25) is 0 Å². The molecule has 0 saturated heterocycles. The number of guanidine groups is 1. The third-order valence-electron chi connectivity index (χ3n) is 4.41. The first kappa shape index (κ1) is 18.1. The predicted octanol–water partition coefficient (Wildman–Crippen LogP) is 3.67. The highest BCUT2D eigenvalue weighted by Gasteiger charge is 2.13. The second-order valence-corrected chi connectivity index (χ2v) is 6.27. The largest absolute Gasteiger partial charge is 0.490 e. The van der Waals surface area contributed by atoms with Crippen molar-refractivity contribution in [2.24, 2.45) is 10.7 Å². The number of fused-ring (bicyclic) bond motifs is 1. The summed E-state index contributed by atoms with van der Waals surface area (Å²) in [4.78, 5) is 4.32. The van der Waals surface area contributed by atoms with Gasteiger partial charge in [-0.1, -0.05) is 19.0 Å². The fourth-order valence-electron chi connectivity index (χ4n) is 2.89. The van der Waals surface area contributed by atoms with Crippen LogP contribution >= 0.6 is 0 Å². The Morgan fingerprint density at radius 1 is 1.19 bits per heavy atom. The Kier molecular flexibility index (Phi) is 5.99. The summed E-state index contributed by atoms with van der Waals surface area (Å²) in [5.41, 5.74) is 7.76. The summed E-state index contributed by atoms with van der Waals surface area (Å²) in [6.45, 7) is 5.95. The van der Waals surface area contributed by atoms with Crippen molar-refractivity contribution in [3.05, 3.63) is 35.7 Å². The van der Waals surface area contributed by atoms with Crippen molar-refractivity contribution in [2.75, 3.05) is 18.5 Å². The van der Waals surface area contributed by atoms with Gasteiger partial charge in [0.05, 0.1) is 18.9 Å². The molecule has 26 heavy (non-hydrogen) atoms. The monoisotopic (exact) mass is 358 g/mol. The summed E-state index contributed by atoms with van der Waals surface area (Å²) in [6.07, 6.45) is 2.95. The van der Waals surface area contributed by atoms with E-state index in [1.165, 1.54) is 0 Å². The van der Waals surface area contributed by atoms with E-state index in [4.69, 9.17) is 19.7 Å². The van der Waals surface area contributed by atoms with Gasteiger partial charge in [0.15, 0.2) is 23.2 Å². The van der Waals surface area contributed by atoms with Crippen molar-refractivity contribution in [3.8, 4) is 11.5 Å². The Morgan fingerprint density at radius 2 is 1.96 bits per heavy atom. The van der Waals surface area contributed by atoms with Crippen molar-refractivity contribution >= 4 is 11.6 Å². The second kappa shape index (κ2) is 8.60. The van der Waals surface area contributed by atoms with E-state index in [2.05, 4.69) is 29.3 Å². The minimum atomic E-state index is 0.306. The summed E-state index contributed by atoms with van der Waals surface area (Å²) in [5, 5.41) is 7.21. The van der Waals surface area contributed by atoms with Crippen LogP contribution in [0.4, 0.5) is 5.69 Å². The molecule has 1 aromatic carbocycles. The van der Waals surface area contributed by atoms with Crippen LogP contribution in [0.3, 0.4) is 0 Å². The maximum Gasteiger partial charge on any atom is 0.193 e. The Morgan fingerprint density at radius 3 is 2.73 bits per heavy atom. The van der Waals surface area contributed by atoms with Gasteiger partial charge in [-0.3, -0.25) is 0 Å². The minimum Gasteiger partial charge on any atom is -0.490 e. The summed E-state index contributed by atoms with van der Waals surface area (Å²) < 4.78 is 16.7. The number of rotatable bonds is 6. The molecule has 0 amide bonds. The molecule has 140 valence electrons. The van der Waals surface area contributed by atoms with E-state index in [0.717, 1.165) is 36.4 Å². The van der Waals surface area contributed by atoms with E-state index in [9.17, 15) is 0 Å². The average molecular weight is 358 g/mol. The lowest BCUT2D eigenvalue weighted by atomic mass is 9.99. The van der Waals surface area contributed by atoms with E-state index in [1.807, 2.05) is 24.3 Å². The smallest absolute Gasteiger partial charge is 0.193 e. The predicted molar refractivity (Wildman–Crippen MR) is 101 cm³/mol. The topological polar surface area (TPSA) is 94.9 Å². The molecule has 1 aromatic heterocycles. The van der Waals surface area contributed by atoms with Gasteiger partial charge in [0.2, 0.25) is 0 Å². The van der Waals surface area contributed by atoms with Crippen LogP contribution in [-0.4, -0.2) is 24.3 Å². The lowest BCUT2D eigenvalue weighted by Gasteiger charge is -2.10. The Labute approximate surface area is 153 Å². The van der Waals surface area contributed by atoms with Gasteiger partial charge in [0, 0.05) is 30.2 Å². The number of anilines is 1. The van der Waals surface area contributed by atoms with Gasteiger partial charge in [-0.2, -0.15) is 0 Å². The molecule has 0 aliphatic carbocycles. The molecule has 3 N–H and O–H groups in total. The first-order valence-corrected chi connectivity index (χ1v) is 9.11. The van der Waals surface area contributed by atoms with Gasteiger partial charge in [0.25, 0.3) is 0 Å². The number of hydrogen-bond acceptors (Lipinski definition) is 5. The lowest BCUT2D eigenvalue weighted by molar-refractivity contribution is 0.297. The Hall–Kier alpha value is -2.70. The van der Waals surface area contributed by atoms with E-state index in [-0.39, 0.29) is 0 Å². The number of aliphatic imine (C=N–C) groups is 1. The van der Waals surface area contributed by atoms with E-state index < -0.39 is 0 Å². The zero-order valence-corrected chi connectivity index (χ0v) is 15.3. The highest BCUT2D eigenvalue weighted by Crippen LogP contribution is 2.32. The number of hydrogen-bond donors (Lipinski definition) is 2. The molecule has 2 heterocycles. The first-order chi connectivity index (χ1) is 12.7. The molecule has 0 unspecified atom stereocenters. The van der Waals surface area contributed by atoms with E-state index in [1.54, 1.807) is 0 Å². The number of benzene rings is 1. The van der Waals surface area contributed by atoms with Crippen molar-refractivity contribution < 1.29 is 14.0 Å². The molecule has 0 saturated carbocycles. The number of ether oxygens (including phenoxy) is 2. The van der Waals surface area contributed by atoms with Crippen molar-refractivity contribution in [2.45, 2.75) is 45.6 Å². The fraction of sp³-hybridized carbons (Fsp3) is 0.474.